The van der Waals surface area contributed by atoms with Crippen LogP contribution in [-0.2, 0) is 19.5 Å². The van der Waals surface area contributed by atoms with Crippen LogP contribution in [0.15, 0.2) is 24.8 Å². The van der Waals surface area contributed by atoms with E-state index < -0.39 is 0 Å². The van der Waals surface area contributed by atoms with Gasteiger partial charge in [-0.3, -0.25) is 0 Å². The first-order valence-electron chi connectivity index (χ1n) is 7.14. The number of aliphatic hydroxyl groups is 1. The van der Waals surface area contributed by atoms with Gasteiger partial charge in [0.25, 0.3) is 0 Å². The van der Waals surface area contributed by atoms with Crippen molar-refractivity contribution in [2.45, 2.75) is 51.8 Å². The molecule has 4 heteroatoms. The van der Waals surface area contributed by atoms with Gasteiger partial charge in [0, 0.05) is 36.9 Å². The van der Waals surface area contributed by atoms with Crippen LogP contribution in [0.5, 0.6) is 0 Å². The predicted octanol–water partition coefficient (Wildman–Crippen LogP) is 2.51. The summed E-state index contributed by atoms with van der Waals surface area (Å²) in [5, 5.41) is 10.1. The van der Waals surface area contributed by atoms with Crippen molar-refractivity contribution in [2.75, 3.05) is 0 Å². The number of aryl methyl sites for hydroxylation is 2. The van der Waals surface area contributed by atoms with E-state index in [-0.39, 0.29) is 6.10 Å². The van der Waals surface area contributed by atoms with Crippen LogP contribution in [0.4, 0.5) is 0 Å². The molecule has 2 aromatic heterocycles. The van der Waals surface area contributed by atoms with Gasteiger partial charge in [0.2, 0.25) is 0 Å². The van der Waals surface area contributed by atoms with Crippen molar-refractivity contribution in [1.82, 2.24) is 14.1 Å². The summed E-state index contributed by atoms with van der Waals surface area (Å²) in [7, 11) is 0. The normalized spacial score (nSPS) is 19.2. The van der Waals surface area contributed by atoms with Gasteiger partial charge in [0.15, 0.2) is 0 Å². The second-order valence-corrected chi connectivity index (χ2v) is 5.30. The fourth-order valence-electron chi connectivity index (χ4n) is 2.93. The molecule has 0 fully saturated rings. The highest BCUT2D eigenvalue weighted by Gasteiger charge is 2.18. The molecule has 2 heterocycles. The largest absolute Gasteiger partial charge is 0.388 e. The Kier molecular flexibility index (Phi) is 3.42. The summed E-state index contributed by atoms with van der Waals surface area (Å²) in [6.07, 6.45) is 12.1. The highest BCUT2D eigenvalue weighted by Crippen LogP contribution is 2.29. The van der Waals surface area contributed by atoms with E-state index in [9.17, 15) is 5.11 Å². The molecular weight excluding hydrogens is 238 g/mol. The van der Waals surface area contributed by atoms with E-state index in [1.54, 1.807) is 0 Å². The van der Waals surface area contributed by atoms with E-state index >= 15 is 0 Å². The molecule has 0 bridgehead atoms. The molecule has 0 amide bonds. The van der Waals surface area contributed by atoms with Crippen molar-refractivity contribution in [3.05, 3.63) is 41.7 Å². The van der Waals surface area contributed by atoms with Gasteiger partial charge in [-0.05, 0) is 31.7 Å². The molecule has 4 nitrogen and oxygen atoms in total. The molecule has 1 atom stereocenters. The van der Waals surface area contributed by atoms with Crippen LogP contribution in [0.2, 0.25) is 0 Å². The summed E-state index contributed by atoms with van der Waals surface area (Å²) in [5.41, 5.74) is 2.42. The van der Waals surface area contributed by atoms with E-state index in [1.807, 2.05) is 12.4 Å². The topological polar surface area (TPSA) is 43.0 Å². The second kappa shape index (κ2) is 5.21. The third-order valence-electron chi connectivity index (χ3n) is 4.00. The number of fused-ring (bicyclic) bond motifs is 1. The molecule has 2 aromatic rings. The first kappa shape index (κ1) is 12.5. The van der Waals surface area contributed by atoms with Crippen molar-refractivity contribution in [2.24, 2.45) is 0 Å². The number of hydrogen-bond donors (Lipinski definition) is 1. The molecule has 1 aliphatic rings. The third kappa shape index (κ3) is 2.45. The molecule has 0 saturated carbocycles. The monoisotopic (exact) mass is 259 g/mol. The molecule has 0 spiro atoms. The Bertz CT molecular complexity index is 555. The Hall–Kier alpha value is -1.55. The van der Waals surface area contributed by atoms with Gasteiger partial charge in [-0.1, -0.05) is 6.42 Å². The molecule has 102 valence electrons. The highest BCUT2D eigenvalue weighted by molar-refractivity contribution is 5.28. The Labute approximate surface area is 113 Å². The summed E-state index contributed by atoms with van der Waals surface area (Å²) < 4.78 is 4.31. The third-order valence-corrected chi connectivity index (χ3v) is 4.00. The molecule has 1 N–H and O–H groups in total. The maximum Gasteiger partial charge on any atom is 0.128 e. The van der Waals surface area contributed by atoms with E-state index in [2.05, 4.69) is 33.4 Å². The fraction of sp³-hybridized carbons (Fsp3) is 0.533. The Balaban J connectivity index is 1.85. The van der Waals surface area contributed by atoms with Crippen molar-refractivity contribution >= 4 is 0 Å². The molecule has 0 radical (unpaired) electrons. The van der Waals surface area contributed by atoms with Gasteiger partial charge in [-0.15, -0.1) is 0 Å². The van der Waals surface area contributed by atoms with E-state index in [0.29, 0.717) is 0 Å². The molecule has 19 heavy (non-hydrogen) atoms. The number of aromatic nitrogens is 3. The van der Waals surface area contributed by atoms with E-state index in [0.717, 1.165) is 43.7 Å². The minimum absolute atomic E-state index is 0.287. The minimum Gasteiger partial charge on any atom is -0.388 e. The van der Waals surface area contributed by atoms with Crippen molar-refractivity contribution in [1.29, 1.82) is 0 Å². The van der Waals surface area contributed by atoms with Gasteiger partial charge in [-0.2, -0.15) is 0 Å². The summed E-state index contributed by atoms with van der Waals surface area (Å²) in [6.45, 7) is 3.85. The summed E-state index contributed by atoms with van der Waals surface area (Å²) >= 11 is 0. The Morgan fingerprint density at radius 2 is 2.26 bits per heavy atom. The first-order valence-corrected chi connectivity index (χ1v) is 7.14. The predicted molar refractivity (Wildman–Crippen MR) is 73.9 cm³/mol. The summed E-state index contributed by atoms with van der Waals surface area (Å²) in [5.74, 6) is 1.07. The zero-order chi connectivity index (χ0) is 13.2. The SMILES string of the molecule is CCn1ccnc1Cn1cc2c(c1)C(O)CCCC2. The van der Waals surface area contributed by atoms with Crippen LogP contribution < -0.4 is 0 Å². The standard InChI is InChI=1S/C15H21N3O/c1-2-18-8-7-16-15(18)11-17-9-12-5-3-4-6-14(19)13(12)10-17/h7-10,14,19H,2-6,11H2,1H3. The van der Waals surface area contributed by atoms with Crippen LogP contribution in [0.3, 0.4) is 0 Å². The van der Waals surface area contributed by atoms with Gasteiger partial charge in [0.05, 0.1) is 12.6 Å². The van der Waals surface area contributed by atoms with Crippen LogP contribution in [-0.4, -0.2) is 19.2 Å². The minimum atomic E-state index is -0.287. The van der Waals surface area contributed by atoms with Gasteiger partial charge in [-0.25, -0.2) is 4.98 Å². The quantitative estimate of drug-likeness (QED) is 0.861. The van der Waals surface area contributed by atoms with Crippen LogP contribution in [0.1, 0.15) is 49.2 Å². The van der Waals surface area contributed by atoms with Crippen molar-refractivity contribution in [3.63, 3.8) is 0 Å². The molecule has 0 saturated heterocycles. The maximum atomic E-state index is 10.1. The number of hydrogen-bond acceptors (Lipinski definition) is 2. The van der Waals surface area contributed by atoms with E-state index in [4.69, 9.17) is 0 Å². The Morgan fingerprint density at radius 1 is 1.37 bits per heavy atom. The fourth-order valence-corrected chi connectivity index (χ4v) is 2.93. The molecule has 0 aromatic carbocycles. The molecule has 1 aliphatic carbocycles. The summed E-state index contributed by atoms with van der Waals surface area (Å²) in [6, 6.07) is 0. The first-order chi connectivity index (χ1) is 9.28. The highest BCUT2D eigenvalue weighted by atomic mass is 16.3. The average molecular weight is 259 g/mol. The molecule has 1 unspecified atom stereocenters. The molecule has 3 rings (SSSR count). The zero-order valence-electron chi connectivity index (χ0n) is 11.4. The maximum absolute atomic E-state index is 10.1. The smallest absolute Gasteiger partial charge is 0.128 e. The van der Waals surface area contributed by atoms with E-state index in [1.165, 1.54) is 12.0 Å². The average Bonchev–Trinajstić information content (AvgIpc) is 2.98. The number of imidazole rings is 1. The van der Waals surface area contributed by atoms with Crippen LogP contribution >= 0.6 is 0 Å². The Morgan fingerprint density at radius 3 is 3.11 bits per heavy atom. The number of nitrogens with zero attached hydrogens (tertiary/aromatic N) is 3. The number of rotatable bonds is 3. The van der Waals surface area contributed by atoms with Crippen LogP contribution in [0, 0.1) is 0 Å². The zero-order valence-corrected chi connectivity index (χ0v) is 11.4. The lowest BCUT2D eigenvalue weighted by atomic mass is 10.1. The van der Waals surface area contributed by atoms with Gasteiger partial charge in [0.1, 0.15) is 5.82 Å². The van der Waals surface area contributed by atoms with Crippen LogP contribution in [0.25, 0.3) is 0 Å². The molecular formula is C15H21N3O. The molecule has 0 aliphatic heterocycles. The lowest BCUT2D eigenvalue weighted by Gasteiger charge is -2.07. The lowest BCUT2D eigenvalue weighted by Crippen LogP contribution is -2.06. The lowest BCUT2D eigenvalue weighted by molar-refractivity contribution is 0.166. The number of aliphatic hydroxyl groups excluding tert-OH is 1. The van der Waals surface area contributed by atoms with Crippen molar-refractivity contribution in [3.8, 4) is 0 Å². The van der Waals surface area contributed by atoms with Gasteiger partial charge < -0.3 is 14.2 Å². The van der Waals surface area contributed by atoms with Crippen molar-refractivity contribution < 1.29 is 5.11 Å². The second-order valence-electron chi connectivity index (χ2n) is 5.30. The van der Waals surface area contributed by atoms with Gasteiger partial charge >= 0.3 is 0 Å². The summed E-state index contributed by atoms with van der Waals surface area (Å²) in [4.78, 5) is 4.41.